The molecule has 3 N–H and O–H groups in total. The first-order chi connectivity index (χ1) is 11.2. The standard InChI is InChI=1S/C17H18N4OS.2ClH/c18-16-21-17(6-15(22)5-14(17)9-23-16)13-3-1-2-11(4-13)12-7-19-10-20-8-12;;/h1-4,7-8,10,14-15,22H,5-6,9H2,(H2,18,21);2*1H. The van der Waals surface area contributed by atoms with E-state index >= 15 is 0 Å². The SMILES string of the molecule is Cl.Cl.NC1=NC2(c3cccc(-c4cncnc4)c3)CC(O)CC2CS1. The minimum atomic E-state index is -0.402. The molecule has 134 valence electrons. The van der Waals surface area contributed by atoms with Gasteiger partial charge in [0.1, 0.15) is 6.33 Å². The van der Waals surface area contributed by atoms with Crippen molar-refractivity contribution >= 4 is 41.7 Å². The van der Waals surface area contributed by atoms with E-state index in [1.807, 2.05) is 12.1 Å². The largest absolute Gasteiger partial charge is 0.393 e. The molecule has 0 radical (unpaired) electrons. The molecule has 1 aromatic carbocycles. The zero-order valence-electron chi connectivity index (χ0n) is 13.4. The number of benzene rings is 1. The van der Waals surface area contributed by atoms with Crippen molar-refractivity contribution in [2.45, 2.75) is 24.5 Å². The number of aliphatic imine (C=N–C) groups is 1. The van der Waals surface area contributed by atoms with Gasteiger partial charge < -0.3 is 10.8 Å². The Morgan fingerprint density at radius 2 is 1.92 bits per heavy atom. The first-order valence-electron chi connectivity index (χ1n) is 7.69. The molecule has 0 amide bonds. The number of rotatable bonds is 2. The average molecular weight is 399 g/mol. The van der Waals surface area contributed by atoms with E-state index in [4.69, 9.17) is 10.7 Å². The van der Waals surface area contributed by atoms with Crippen molar-refractivity contribution in [1.82, 2.24) is 9.97 Å². The third kappa shape index (κ3) is 3.62. The van der Waals surface area contributed by atoms with Crippen molar-refractivity contribution in [2.75, 3.05) is 5.75 Å². The first kappa shape index (κ1) is 20.0. The second kappa shape index (κ2) is 7.91. The van der Waals surface area contributed by atoms with Crippen LogP contribution in [0.1, 0.15) is 18.4 Å². The van der Waals surface area contributed by atoms with Gasteiger partial charge in [0.25, 0.3) is 0 Å². The molecule has 3 unspecified atom stereocenters. The summed E-state index contributed by atoms with van der Waals surface area (Å²) in [6, 6.07) is 8.30. The molecule has 25 heavy (non-hydrogen) atoms. The molecular weight excluding hydrogens is 379 g/mol. The van der Waals surface area contributed by atoms with Crippen molar-refractivity contribution in [2.24, 2.45) is 16.6 Å². The van der Waals surface area contributed by atoms with Crippen LogP contribution < -0.4 is 5.73 Å². The number of aromatic nitrogens is 2. The van der Waals surface area contributed by atoms with Gasteiger partial charge in [-0.2, -0.15) is 0 Å². The predicted molar refractivity (Wildman–Crippen MR) is 106 cm³/mol. The first-order valence-corrected chi connectivity index (χ1v) is 8.68. The summed E-state index contributed by atoms with van der Waals surface area (Å²) in [5, 5.41) is 10.8. The molecule has 2 heterocycles. The van der Waals surface area contributed by atoms with Crippen LogP contribution in [0.4, 0.5) is 0 Å². The topological polar surface area (TPSA) is 84.4 Å². The Morgan fingerprint density at radius 3 is 2.68 bits per heavy atom. The molecule has 1 aromatic heterocycles. The fourth-order valence-corrected chi connectivity index (χ4v) is 4.74. The molecule has 8 heteroatoms. The van der Waals surface area contributed by atoms with Gasteiger partial charge in [0.2, 0.25) is 0 Å². The fourth-order valence-electron chi connectivity index (χ4n) is 3.72. The van der Waals surface area contributed by atoms with Gasteiger partial charge in [-0.25, -0.2) is 9.97 Å². The number of nitrogens with zero attached hydrogens (tertiary/aromatic N) is 3. The summed E-state index contributed by atoms with van der Waals surface area (Å²) in [6.45, 7) is 0. The molecule has 1 aliphatic heterocycles. The number of thioether (sulfide) groups is 1. The Balaban J connectivity index is 0.00000113. The fraction of sp³-hybridized carbons (Fsp3) is 0.353. The summed E-state index contributed by atoms with van der Waals surface area (Å²) in [5.41, 5.74) is 8.77. The lowest BCUT2D eigenvalue weighted by Crippen LogP contribution is -2.36. The van der Waals surface area contributed by atoms with E-state index < -0.39 is 5.54 Å². The number of nitrogens with two attached hydrogens (primary N) is 1. The Hall–Kier alpha value is -1.34. The minimum absolute atomic E-state index is 0. The number of aliphatic hydroxyl groups excluding tert-OH is 1. The lowest BCUT2D eigenvalue weighted by molar-refractivity contribution is 0.173. The van der Waals surface area contributed by atoms with Crippen LogP contribution in [0.3, 0.4) is 0 Å². The maximum atomic E-state index is 10.2. The van der Waals surface area contributed by atoms with Crippen LogP contribution in [-0.4, -0.2) is 32.1 Å². The Bertz CT molecular complexity index is 761. The molecule has 1 saturated carbocycles. The van der Waals surface area contributed by atoms with E-state index in [1.165, 1.54) is 6.33 Å². The Morgan fingerprint density at radius 1 is 1.16 bits per heavy atom. The lowest BCUT2D eigenvalue weighted by atomic mass is 9.81. The summed E-state index contributed by atoms with van der Waals surface area (Å²) in [4.78, 5) is 13.0. The second-order valence-corrected chi connectivity index (χ2v) is 7.22. The van der Waals surface area contributed by atoms with Crippen LogP contribution in [0, 0.1) is 5.92 Å². The number of amidine groups is 1. The number of aliphatic hydroxyl groups is 1. The normalized spacial score (nSPS) is 27.5. The summed E-state index contributed by atoms with van der Waals surface area (Å²) in [5.74, 6) is 1.22. The van der Waals surface area contributed by atoms with E-state index in [0.717, 1.165) is 28.9 Å². The highest BCUT2D eigenvalue weighted by atomic mass is 35.5. The van der Waals surface area contributed by atoms with E-state index in [-0.39, 0.29) is 30.9 Å². The minimum Gasteiger partial charge on any atom is -0.393 e. The quantitative estimate of drug-likeness (QED) is 0.811. The van der Waals surface area contributed by atoms with Crippen molar-refractivity contribution in [3.63, 3.8) is 0 Å². The van der Waals surface area contributed by atoms with Crippen molar-refractivity contribution in [1.29, 1.82) is 0 Å². The molecule has 0 spiro atoms. The highest BCUT2D eigenvalue weighted by Gasteiger charge is 2.50. The Kier molecular flexibility index (Phi) is 6.32. The Labute approximate surface area is 163 Å². The van der Waals surface area contributed by atoms with Crippen LogP contribution in [-0.2, 0) is 5.54 Å². The van der Waals surface area contributed by atoms with Gasteiger partial charge in [-0.1, -0.05) is 30.0 Å². The van der Waals surface area contributed by atoms with E-state index in [0.29, 0.717) is 17.5 Å². The molecule has 3 atom stereocenters. The van der Waals surface area contributed by atoms with Gasteiger partial charge in [0.15, 0.2) is 5.17 Å². The molecule has 0 bridgehead atoms. The van der Waals surface area contributed by atoms with Crippen molar-refractivity contribution in [3.05, 3.63) is 48.5 Å². The number of halogens is 2. The summed E-state index contributed by atoms with van der Waals surface area (Å²) >= 11 is 1.59. The maximum absolute atomic E-state index is 10.2. The summed E-state index contributed by atoms with van der Waals surface area (Å²) < 4.78 is 0. The second-order valence-electron chi connectivity index (χ2n) is 6.18. The maximum Gasteiger partial charge on any atom is 0.154 e. The van der Waals surface area contributed by atoms with Gasteiger partial charge >= 0.3 is 0 Å². The number of fused-ring (bicyclic) bond motifs is 1. The highest BCUT2D eigenvalue weighted by Crippen LogP contribution is 2.51. The van der Waals surface area contributed by atoms with Gasteiger partial charge in [0.05, 0.1) is 11.6 Å². The molecule has 2 aromatic rings. The summed E-state index contributed by atoms with van der Waals surface area (Å²) in [6.07, 6.45) is 6.23. The number of hydrogen-bond donors (Lipinski definition) is 2. The van der Waals surface area contributed by atoms with E-state index in [1.54, 1.807) is 24.2 Å². The van der Waals surface area contributed by atoms with Gasteiger partial charge in [-0.05, 0) is 23.6 Å². The van der Waals surface area contributed by atoms with Crippen LogP contribution >= 0.6 is 36.6 Å². The summed E-state index contributed by atoms with van der Waals surface area (Å²) in [7, 11) is 0. The predicted octanol–water partition coefficient (Wildman–Crippen LogP) is 3.01. The van der Waals surface area contributed by atoms with Crippen molar-refractivity contribution < 1.29 is 5.11 Å². The van der Waals surface area contributed by atoms with Crippen LogP contribution in [0.15, 0.2) is 48.0 Å². The van der Waals surface area contributed by atoms with Gasteiger partial charge in [-0.15, -0.1) is 24.8 Å². The van der Waals surface area contributed by atoms with Crippen LogP contribution in [0.2, 0.25) is 0 Å². The number of hydrogen-bond acceptors (Lipinski definition) is 6. The molecular formula is C17H20Cl2N4OS. The van der Waals surface area contributed by atoms with Gasteiger partial charge in [-0.3, -0.25) is 4.99 Å². The smallest absolute Gasteiger partial charge is 0.154 e. The zero-order chi connectivity index (χ0) is 15.9. The van der Waals surface area contributed by atoms with Crippen LogP contribution in [0.25, 0.3) is 11.1 Å². The van der Waals surface area contributed by atoms with Crippen molar-refractivity contribution in [3.8, 4) is 11.1 Å². The highest BCUT2D eigenvalue weighted by molar-refractivity contribution is 8.13. The lowest BCUT2D eigenvalue weighted by Gasteiger charge is -2.35. The third-order valence-electron chi connectivity index (χ3n) is 4.78. The molecule has 0 saturated heterocycles. The average Bonchev–Trinajstić information content (AvgIpc) is 2.92. The molecule has 5 nitrogen and oxygen atoms in total. The van der Waals surface area contributed by atoms with Crippen LogP contribution in [0.5, 0.6) is 0 Å². The van der Waals surface area contributed by atoms with E-state index in [2.05, 4.69) is 22.1 Å². The van der Waals surface area contributed by atoms with E-state index in [9.17, 15) is 5.11 Å². The third-order valence-corrected chi connectivity index (χ3v) is 5.73. The van der Waals surface area contributed by atoms with Gasteiger partial charge in [0, 0.05) is 36.0 Å². The molecule has 2 aliphatic rings. The molecule has 1 fully saturated rings. The molecule has 4 rings (SSSR count). The molecule has 1 aliphatic carbocycles. The zero-order valence-corrected chi connectivity index (χ0v) is 15.9. The monoisotopic (exact) mass is 398 g/mol.